The van der Waals surface area contributed by atoms with E-state index in [1.54, 1.807) is 38.3 Å². The van der Waals surface area contributed by atoms with E-state index in [1.165, 1.54) is 12.1 Å². The third-order valence-corrected chi connectivity index (χ3v) is 3.41. The van der Waals surface area contributed by atoms with E-state index in [2.05, 4.69) is 15.8 Å². The molecule has 7 nitrogen and oxygen atoms in total. The molecule has 0 aliphatic rings. The van der Waals surface area contributed by atoms with E-state index >= 15 is 0 Å². The lowest BCUT2D eigenvalue weighted by molar-refractivity contribution is -0.120. The Morgan fingerprint density at radius 2 is 1.80 bits per heavy atom. The van der Waals surface area contributed by atoms with Crippen molar-refractivity contribution in [2.75, 3.05) is 13.7 Å². The lowest BCUT2D eigenvalue weighted by Gasteiger charge is -2.07. The first kappa shape index (κ1) is 18.0. The average Bonchev–Trinajstić information content (AvgIpc) is 2.64. The molecule has 25 heavy (non-hydrogen) atoms. The van der Waals surface area contributed by atoms with Gasteiger partial charge in [0.2, 0.25) is 0 Å². The van der Waals surface area contributed by atoms with Gasteiger partial charge < -0.3 is 15.2 Å². The third-order valence-electron chi connectivity index (χ3n) is 3.41. The van der Waals surface area contributed by atoms with Crippen LogP contribution in [0.25, 0.3) is 0 Å². The Bertz CT molecular complexity index is 785. The number of phenolic OH excluding ortho intramolecular Hbond substituents is 1. The zero-order valence-electron chi connectivity index (χ0n) is 13.9. The minimum absolute atomic E-state index is 0.105. The van der Waals surface area contributed by atoms with Crippen molar-refractivity contribution in [3.05, 3.63) is 59.7 Å². The number of phenols is 1. The van der Waals surface area contributed by atoms with Gasteiger partial charge in [-0.2, -0.15) is 5.10 Å². The highest BCUT2D eigenvalue weighted by Gasteiger charge is 2.11. The number of aromatic hydroxyl groups is 1. The summed E-state index contributed by atoms with van der Waals surface area (Å²) >= 11 is 0. The maximum absolute atomic E-state index is 11.9. The van der Waals surface area contributed by atoms with E-state index in [0.29, 0.717) is 5.71 Å². The molecule has 0 saturated heterocycles. The Kier molecular flexibility index (Phi) is 6.11. The van der Waals surface area contributed by atoms with E-state index < -0.39 is 11.8 Å². The molecule has 0 spiro atoms. The summed E-state index contributed by atoms with van der Waals surface area (Å²) in [6, 6.07) is 13.3. The summed E-state index contributed by atoms with van der Waals surface area (Å²) in [6.07, 6.45) is 0. The molecule has 130 valence electrons. The number of benzene rings is 2. The van der Waals surface area contributed by atoms with Crippen LogP contribution in [0.1, 0.15) is 22.8 Å². The highest BCUT2D eigenvalue weighted by molar-refractivity contribution is 6.00. The molecule has 0 atom stereocenters. The predicted molar refractivity (Wildman–Crippen MR) is 93.8 cm³/mol. The number of methoxy groups -OCH3 is 1. The van der Waals surface area contributed by atoms with Gasteiger partial charge in [-0.25, -0.2) is 5.43 Å². The van der Waals surface area contributed by atoms with Crippen molar-refractivity contribution in [1.29, 1.82) is 0 Å². The normalized spacial score (nSPS) is 10.9. The zero-order chi connectivity index (χ0) is 18.2. The van der Waals surface area contributed by atoms with Gasteiger partial charge in [-0.3, -0.25) is 9.59 Å². The lowest BCUT2D eigenvalue weighted by Crippen LogP contribution is -2.35. The summed E-state index contributed by atoms with van der Waals surface area (Å²) in [4.78, 5) is 23.7. The fourth-order valence-corrected chi connectivity index (χ4v) is 2.00. The fourth-order valence-electron chi connectivity index (χ4n) is 2.00. The molecule has 0 aliphatic heterocycles. The number of hydrogen-bond acceptors (Lipinski definition) is 5. The number of carbonyl (C=O) groups excluding carboxylic acids is 2. The van der Waals surface area contributed by atoms with E-state index in [0.717, 1.165) is 11.3 Å². The Hall–Kier alpha value is -3.35. The van der Waals surface area contributed by atoms with Gasteiger partial charge >= 0.3 is 0 Å². The second-order valence-corrected chi connectivity index (χ2v) is 5.16. The van der Waals surface area contributed by atoms with Crippen molar-refractivity contribution in [2.45, 2.75) is 6.92 Å². The topological polar surface area (TPSA) is 100 Å². The average molecular weight is 341 g/mol. The van der Waals surface area contributed by atoms with E-state index in [4.69, 9.17) is 4.74 Å². The third kappa shape index (κ3) is 5.07. The molecule has 2 amide bonds. The van der Waals surface area contributed by atoms with E-state index in [1.807, 2.05) is 12.1 Å². The molecule has 0 unspecified atom stereocenters. The molecule has 0 radical (unpaired) electrons. The number of amides is 2. The SMILES string of the molecule is COc1ccc(C(C)=NNC(=O)CNC(=O)c2ccccc2O)cc1. The van der Waals surface area contributed by atoms with Crippen molar-refractivity contribution in [2.24, 2.45) is 5.10 Å². The van der Waals surface area contributed by atoms with Crippen LogP contribution in [0.2, 0.25) is 0 Å². The van der Waals surface area contributed by atoms with E-state index in [-0.39, 0.29) is 17.9 Å². The maximum Gasteiger partial charge on any atom is 0.259 e. The molecule has 2 aromatic carbocycles. The van der Waals surface area contributed by atoms with Crippen molar-refractivity contribution >= 4 is 17.5 Å². The largest absolute Gasteiger partial charge is 0.507 e. The van der Waals surface area contributed by atoms with Gasteiger partial charge in [0.1, 0.15) is 11.5 Å². The smallest absolute Gasteiger partial charge is 0.259 e. The van der Waals surface area contributed by atoms with Crippen molar-refractivity contribution in [3.63, 3.8) is 0 Å². The Balaban J connectivity index is 1.87. The molecule has 0 aromatic heterocycles. The summed E-state index contributed by atoms with van der Waals surface area (Å²) in [7, 11) is 1.58. The van der Waals surface area contributed by atoms with Gasteiger partial charge in [0.25, 0.3) is 11.8 Å². The molecule has 0 bridgehead atoms. The van der Waals surface area contributed by atoms with Crippen LogP contribution >= 0.6 is 0 Å². The molecule has 0 fully saturated rings. The van der Waals surface area contributed by atoms with Gasteiger partial charge in [-0.1, -0.05) is 12.1 Å². The van der Waals surface area contributed by atoms with Crippen molar-refractivity contribution < 1.29 is 19.4 Å². The van der Waals surface area contributed by atoms with E-state index in [9.17, 15) is 14.7 Å². The first-order valence-electron chi connectivity index (χ1n) is 7.55. The van der Waals surface area contributed by atoms with Gasteiger partial charge in [0.15, 0.2) is 0 Å². The summed E-state index contributed by atoms with van der Waals surface area (Å²) in [5, 5.41) is 16.0. The second-order valence-electron chi connectivity index (χ2n) is 5.16. The van der Waals surface area contributed by atoms with Gasteiger partial charge in [-0.05, 0) is 48.9 Å². The molecule has 7 heteroatoms. The van der Waals surface area contributed by atoms with Crippen LogP contribution in [0.4, 0.5) is 0 Å². The fraction of sp³-hybridized carbons (Fsp3) is 0.167. The highest BCUT2D eigenvalue weighted by Crippen LogP contribution is 2.14. The summed E-state index contributed by atoms with van der Waals surface area (Å²) in [5.41, 5.74) is 3.92. The summed E-state index contributed by atoms with van der Waals surface area (Å²) in [6.45, 7) is 1.50. The molecular weight excluding hydrogens is 322 g/mol. The van der Waals surface area contributed by atoms with Crippen LogP contribution in [-0.4, -0.2) is 36.3 Å². The number of rotatable bonds is 6. The van der Waals surface area contributed by atoms with Crippen LogP contribution in [0.15, 0.2) is 53.6 Å². The van der Waals surface area contributed by atoms with Gasteiger partial charge in [0, 0.05) is 0 Å². The quantitative estimate of drug-likeness (QED) is 0.550. The minimum atomic E-state index is -0.538. The number of ether oxygens (including phenoxy) is 1. The Morgan fingerprint density at radius 1 is 1.12 bits per heavy atom. The monoisotopic (exact) mass is 341 g/mol. The summed E-state index contributed by atoms with van der Waals surface area (Å²) < 4.78 is 5.08. The predicted octanol–water partition coefficient (Wildman–Crippen LogP) is 1.67. The van der Waals surface area contributed by atoms with Gasteiger partial charge in [-0.15, -0.1) is 0 Å². The molecular formula is C18H19N3O4. The number of para-hydroxylation sites is 1. The first-order chi connectivity index (χ1) is 12.0. The molecule has 3 N–H and O–H groups in total. The highest BCUT2D eigenvalue weighted by atomic mass is 16.5. The first-order valence-corrected chi connectivity index (χ1v) is 7.55. The molecule has 0 heterocycles. The number of hydrazone groups is 1. The molecule has 0 aliphatic carbocycles. The summed E-state index contributed by atoms with van der Waals surface area (Å²) in [5.74, 6) is -0.429. The number of nitrogens with one attached hydrogen (secondary N) is 2. The second kappa shape index (κ2) is 8.49. The Labute approximate surface area is 145 Å². The molecule has 0 saturated carbocycles. The van der Waals surface area contributed by atoms with Crippen LogP contribution in [-0.2, 0) is 4.79 Å². The van der Waals surface area contributed by atoms with Gasteiger partial charge in [0.05, 0.1) is 24.9 Å². The standard InChI is InChI=1S/C18H19N3O4/c1-12(13-7-9-14(25-2)10-8-13)20-21-17(23)11-19-18(24)15-5-3-4-6-16(15)22/h3-10,22H,11H2,1-2H3,(H,19,24)(H,21,23). The Morgan fingerprint density at radius 3 is 2.44 bits per heavy atom. The number of nitrogens with zero attached hydrogens (tertiary/aromatic N) is 1. The van der Waals surface area contributed by atoms with Crippen LogP contribution in [0, 0.1) is 0 Å². The lowest BCUT2D eigenvalue weighted by atomic mass is 10.1. The van der Waals surface area contributed by atoms with Crippen LogP contribution in [0.5, 0.6) is 11.5 Å². The van der Waals surface area contributed by atoms with Crippen molar-refractivity contribution in [3.8, 4) is 11.5 Å². The molecule has 2 rings (SSSR count). The molecule has 2 aromatic rings. The van der Waals surface area contributed by atoms with Crippen molar-refractivity contribution in [1.82, 2.24) is 10.7 Å². The van der Waals surface area contributed by atoms with Crippen LogP contribution in [0.3, 0.4) is 0 Å². The van der Waals surface area contributed by atoms with Crippen LogP contribution < -0.4 is 15.5 Å². The minimum Gasteiger partial charge on any atom is -0.507 e. The number of carbonyl (C=O) groups is 2. The number of hydrogen-bond donors (Lipinski definition) is 3. The maximum atomic E-state index is 11.9. The zero-order valence-corrected chi connectivity index (χ0v) is 13.9.